The predicted octanol–water partition coefficient (Wildman–Crippen LogP) is 4.54. The molecule has 59 heavy (non-hydrogen) atoms. The number of benzene rings is 4. The molecule has 0 saturated heterocycles. The van der Waals surface area contributed by atoms with Gasteiger partial charge in [-0.3, -0.25) is 29.0 Å². The van der Waals surface area contributed by atoms with Crippen molar-refractivity contribution in [1.29, 1.82) is 5.26 Å². The van der Waals surface area contributed by atoms with Crippen molar-refractivity contribution >= 4 is 71.3 Å². The second kappa shape index (κ2) is 19.9. The first kappa shape index (κ1) is 43.2. The standard InChI is InChI=1S/C40H36N8O11/c1-21(19-43-20-42-2)35(51)44-24-9-5-23(6-10-24)37(53)48-30(17-18-41)39(55)45-25-11-7-22(8-12-25)36(52)46-28-15-13-26(31(49)33(28)58-3)38(54)47-29-16-14-27(40(56)57)32(50)34(29)59-4/h5-16,19-20,30,49-50H,2,17H2,1,3-4H3,(H,44,51)(H,45,55)(H,46,52)(H,47,54)(H,48,53)(H,56,57)/b21-19+,43-20?. The third-order valence-electron chi connectivity index (χ3n) is 8.15. The monoisotopic (exact) mass is 804 g/mol. The van der Waals surface area contributed by atoms with Crippen LogP contribution in [0.3, 0.4) is 0 Å². The van der Waals surface area contributed by atoms with Gasteiger partial charge in [-0.2, -0.15) is 5.26 Å². The summed E-state index contributed by atoms with van der Waals surface area (Å²) >= 11 is 0. The lowest BCUT2D eigenvalue weighted by Gasteiger charge is -2.17. The Hall–Kier alpha value is -8.53. The van der Waals surface area contributed by atoms with E-state index < -0.39 is 58.6 Å². The number of nitrogens with zero attached hydrogens (tertiary/aromatic N) is 3. The Balaban J connectivity index is 1.39. The molecule has 302 valence electrons. The van der Waals surface area contributed by atoms with Crippen LogP contribution in [0.15, 0.2) is 94.6 Å². The van der Waals surface area contributed by atoms with Crippen LogP contribution in [0.5, 0.6) is 23.0 Å². The number of rotatable bonds is 16. The number of aromatic hydroxyl groups is 2. The summed E-state index contributed by atoms with van der Waals surface area (Å²) in [7, 11) is 2.35. The number of hydrogen-bond acceptors (Lipinski definition) is 12. The number of anilines is 4. The molecule has 0 bridgehead atoms. The number of carboxylic acid groups (broad SMARTS) is 1. The number of nitrogens with one attached hydrogen (secondary N) is 5. The largest absolute Gasteiger partial charge is 0.504 e. The zero-order chi connectivity index (χ0) is 43.2. The highest BCUT2D eigenvalue weighted by molar-refractivity contribution is 6.10. The molecule has 0 spiro atoms. The molecule has 0 radical (unpaired) electrons. The van der Waals surface area contributed by atoms with Gasteiger partial charge < -0.3 is 51.4 Å². The first-order valence-electron chi connectivity index (χ1n) is 17.0. The maximum absolute atomic E-state index is 13.2. The highest BCUT2D eigenvalue weighted by Gasteiger charge is 2.25. The number of nitriles is 1. The average molecular weight is 805 g/mol. The fourth-order valence-corrected chi connectivity index (χ4v) is 5.15. The molecule has 4 aromatic rings. The van der Waals surface area contributed by atoms with Crippen molar-refractivity contribution in [3.8, 4) is 29.1 Å². The van der Waals surface area contributed by atoms with Gasteiger partial charge in [0.1, 0.15) is 17.9 Å². The van der Waals surface area contributed by atoms with Crippen molar-refractivity contribution in [2.24, 2.45) is 9.98 Å². The van der Waals surface area contributed by atoms with Gasteiger partial charge in [0.2, 0.25) is 5.91 Å². The molecular formula is C40H36N8O11. The van der Waals surface area contributed by atoms with Crippen molar-refractivity contribution in [3.63, 3.8) is 0 Å². The minimum absolute atomic E-state index is 0.0187. The zero-order valence-corrected chi connectivity index (χ0v) is 31.5. The first-order chi connectivity index (χ1) is 28.2. The number of carbonyl (C=O) groups excluding carboxylic acids is 5. The molecule has 19 nitrogen and oxygen atoms in total. The van der Waals surface area contributed by atoms with Crippen LogP contribution in [0.25, 0.3) is 0 Å². The van der Waals surface area contributed by atoms with E-state index in [4.69, 9.17) is 9.47 Å². The van der Waals surface area contributed by atoms with Crippen LogP contribution in [0.4, 0.5) is 22.7 Å². The normalized spacial score (nSPS) is 11.3. The number of carbonyl (C=O) groups is 6. The summed E-state index contributed by atoms with van der Waals surface area (Å²) in [5.41, 5.74) is 0.283. The van der Waals surface area contributed by atoms with Gasteiger partial charge in [-0.05, 0) is 86.4 Å². The van der Waals surface area contributed by atoms with E-state index in [0.29, 0.717) is 11.3 Å². The van der Waals surface area contributed by atoms with Crippen molar-refractivity contribution in [3.05, 3.63) is 107 Å². The molecule has 1 atom stereocenters. The predicted molar refractivity (Wildman–Crippen MR) is 216 cm³/mol. The zero-order valence-electron chi connectivity index (χ0n) is 31.5. The number of aliphatic imine (C=N–C) groups is 2. The summed E-state index contributed by atoms with van der Waals surface area (Å²) < 4.78 is 10.3. The molecule has 0 heterocycles. The van der Waals surface area contributed by atoms with Crippen molar-refractivity contribution < 1.29 is 53.6 Å². The van der Waals surface area contributed by atoms with Gasteiger partial charge in [0.25, 0.3) is 23.6 Å². The molecule has 19 heteroatoms. The summed E-state index contributed by atoms with van der Waals surface area (Å²) in [6.45, 7) is 4.80. The van der Waals surface area contributed by atoms with Crippen molar-refractivity contribution in [2.45, 2.75) is 19.4 Å². The summed E-state index contributed by atoms with van der Waals surface area (Å²) in [5.74, 6) is -6.77. The topological polar surface area (TPSA) is 290 Å². The van der Waals surface area contributed by atoms with E-state index >= 15 is 0 Å². The molecule has 0 fully saturated rings. The van der Waals surface area contributed by atoms with Crippen molar-refractivity contribution in [1.82, 2.24) is 5.32 Å². The van der Waals surface area contributed by atoms with Crippen LogP contribution in [-0.4, -0.2) is 84.1 Å². The molecule has 0 aliphatic carbocycles. The highest BCUT2D eigenvalue weighted by atomic mass is 16.5. The summed E-state index contributed by atoms with van der Waals surface area (Å²) in [5, 5.41) is 52.5. The van der Waals surface area contributed by atoms with E-state index in [2.05, 4.69) is 43.3 Å². The van der Waals surface area contributed by atoms with Crippen LogP contribution < -0.4 is 36.1 Å². The van der Waals surface area contributed by atoms with Gasteiger partial charge in [0.05, 0.1) is 43.6 Å². The number of hydrogen-bond donors (Lipinski definition) is 8. The molecule has 1 unspecified atom stereocenters. The van der Waals surface area contributed by atoms with E-state index in [0.717, 1.165) is 13.2 Å². The number of phenols is 2. The molecule has 8 N–H and O–H groups in total. The molecule has 5 amide bonds. The Bertz CT molecular complexity index is 2400. The van der Waals surface area contributed by atoms with Crippen LogP contribution in [-0.2, 0) is 9.59 Å². The summed E-state index contributed by atoms with van der Waals surface area (Å²) in [6, 6.07) is 16.7. The number of carboxylic acids is 1. The number of methoxy groups -OCH3 is 2. The number of amides is 5. The maximum Gasteiger partial charge on any atom is 0.339 e. The molecular weight excluding hydrogens is 768 g/mol. The SMILES string of the molecule is C=NC=N/C=C(\C)C(=O)Nc1ccc(C(=O)NC(CC#N)C(=O)Nc2ccc(C(=O)Nc3ccc(C(=O)Nc4ccc(C(=O)O)c(O)c4OC)c(O)c3OC)cc2)cc1. The number of phenolic OH excluding ortho intramolecular Hbond substituents is 1. The van der Waals surface area contributed by atoms with E-state index in [1.54, 1.807) is 6.92 Å². The maximum atomic E-state index is 13.2. The van der Waals surface area contributed by atoms with Crippen LogP contribution >= 0.6 is 0 Å². The molecule has 4 aromatic carbocycles. The van der Waals surface area contributed by atoms with Gasteiger partial charge in [-0.1, -0.05) is 0 Å². The Kier molecular flexibility index (Phi) is 14.6. The van der Waals surface area contributed by atoms with Gasteiger partial charge in [0, 0.05) is 34.3 Å². The second-order valence-electron chi connectivity index (χ2n) is 12.0. The van der Waals surface area contributed by atoms with Gasteiger partial charge in [-0.15, -0.1) is 0 Å². The Labute approximate surface area is 335 Å². The van der Waals surface area contributed by atoms with E-state index in [1.165, 1.54) is 86.4 Å². The second-order valence-corrected chi connectivity index (χ2v) is 12.0. The Morgan fingerprint density at radius 3 is 1.78 bits per heavy atom. The summed E-state index contributed by atoms with van der Waals surface area (Å²) in [4.78, 5) is 83.2. The quantitative estimate of drug-likeness (QED) is 0.0440. The number of ether oxygens (including phenoxy) is 2. The van der Waals surface area contributed by atoms with Gasteiger partial charge in [0.15, 0.2) is 23.0 Å². The molecule has 0 aliphatic heterocycles. The Morgan fingerprint density at radius 2 is 1.25 bits per heavy atom. The molecule has 4 rings (SSSR count). The van der Waals surface area contributed by atoms with E-state index in [9.17, 15) is 49.3 Å². The molecule has 0 aromatic heterocycles. The third-order valence-corrected chi connectivity index (χ3v) is 8.15. The summed E-state index contributed by atoms with van der Waals surface area (Å²) in [6.07, 6.45) is 2.11. The lowest BCUT2D eigenvalue weighted by atomic mass is 10.1. The van der Waals surface area contributed by atoms with E-state index in [-0.39, 0.29) is 51.7 Å². The minimum Gasteiger partial charge on any atom is -0.504 e. The minimum atomic E-state index is -1.43. The number of aromatic carboxylic acids is 1. The smallest absolute Gasteiger partial charge is 0.339 e. The third kappa shape index (κ3) is 10.8. The van der Waals surface area contributed by atoms with Crippen LogP contribution in [0.2, 0.25) is 0 Å². The van der Waals surface area contributed by atoms with Crippen LogP contribution in [0.1, 0.15) is 54.8 Å². The van der Waals surface area contributed by atoms with Crippen LogP contribution in [0, 0.1) is 11.3 Å². The fourth-order valence-electron chi connectivity index (χ4n) is 5.15. The first-order valence-corrected chi connectivity index (χ1v) is 17.0. The Morgan fingerprint density at radius 1 is 0.746 bits per heavy atom. The molecule has 0 saturated carbocycles. The van der Waals surface area contributed by atoms with Gasteiger partial charge >= 0.3 is 5.97 Å². The van der Waals surface area contributed by atoms with E-state index in [1.807, 2.05) is 6.07 Å². The average Bonchev–Trinajstić information content (AvgIpc) is 3.21. The van der Waals surface area contributed by atoms with Crippen molar-refractivity contribution in [2.75, 3.05) is 35.5 Å². The fraction of sp³-hybridized carbons (Fsp3) is 0.125. The lowest BCUT2D eigenvalue weighted by molar-refractivity contribution is -0.118. The van der Waals surface area contributed by atoms with Gasteiger partial charge in [-0.25, -0.2) is 9.79 Å². The molecule has 0 aliphatic rings. The highest BCUT2D eigenvalue weighted by Crippen LogP contribution is 2.40. The lowest BCUT2D eigenvalue weighted by Crippen LogP contribution is -2.43.